The van der Waals surface area contributed by atoms with Gasteiger partial charge in [0, 0.05) is 23.7 Å². The van der Waals surface area contributed by atoms with Crippen LogP contribution in [0.2, 0.25) is 10.0 Å². The Bertz CT molecular complexity index is 497. The van der Waals surface area contributed by atoms with E-state index >= 15 is 0 Å². The molecule has 1 heterocycles. The van der Waals surface area contributed by atoms with Gasteiger partial charge in [0.1, 0.15) is 0 Å². The summed E-state index contributed by atoms with van der Waals surface area (Å²) < 4.78 is 0. The lowest BCUT2D eigenvalue weighted by Gasteiger charge is -2.53. The van der Waals surface area contributed by atoms with E-state index in [0.29, 0.717) is 16.1 Å². The van der Waals surface area contributed by atoms with Crippen LogP contribution in [0, 0.1) is 0 Å². The van der Waals surface area contributed by atoms with Gasteiger partial charge in [-0.15, -0.1) is 12.4 Å². The molecule has 5 heteroatoms. The van der Waals surface area contributed by atoms with Crippen molar-refractivity contribution >= 4 is 35.6 Å². The van der Waals surface area contributed by atoms with E-state index in [2.05, 4.69) is 45.0 Å². The summed E-state index contributed by atoms with van der Waals surface area (Å²) in [5.41, 5.74) is 1.59. The quantitative estimate of drug-likeness (QED) is 0.796. The summed E-state index contributed by atoms with van der Waals surface area (Å²) in [5.74, 6) is 0. The molecular weight excluding hydrogens is 339 g/mol. The minimum Gasteiger partial charge on any atom is -0.310 e. The molecule has 0 amide bonds. The zero-order valence-corrected chi connectivity index (χ0v) is 16.4. The van der Waals surface area contributed by atoms with Gasteiger partial charge in [0.15, 0.2) is 0 Å². The number of nitrogens with zero attached hydrogens (tertiary/aromatic N) is 1. The van der Waals surface area contributed by atoms with Crippen LogP contribution in [0.1, 0.15) is 46.1 Å². The van der Waals surface area contributed by atoms with E-state index in [4.69, 9.17) is 23.2 Å². The van der Waals surface area contributed by atoms with Gasteiger partial charge in [-0.1, -0.05) is 29.3 Å². The molecule has 22 heavy (non-hydrogen) atoms. The molecule has 0 radical (unpaired) electrons. The molecule has 1 aliphatic heterocycles. The van der Waals surface area contributed by atoms with E-state index in [0.717, 1.165) is 19.4 Å². The first-order valence-corrected chi connectivity index (χ1v) is 8.29. The first kappa shape index (κ1) is 20.1. The molecule has 0 unspecified atom stereocenters. The van der Waals surface area contributed by atoms with E-state index < -0.39 is 0 Å². The second kappa shape index (κ2) is 7.27. The first-order chi connectivity index (χ1) is 9.62. The Balaban J connectivity index is 0.00000242. The molecule has 0 atom stereocenters. The highest BCUT2D eigenvalue weighted by Crippen LogP contribution is 2.36. The van der Waals surface area contributed by atoms with E-state index in [-0.39, 0.29) is 23.5 Å². The number of rotatable bonds is 3. The van der Waals surface area contributed by atoms with Gasteiger partial charge in [0.25, 0.3) is 0 Å². The highest BCUT2D eigenvalue weighted by molar-refractivity contribution is 6.42. The smallest absolute Gasteiger partial charge is 0.0595 e. The lowest BCUT2D eigenvalue weighted by molar-refractivity contribution is -0.0183. The molecule has 126 valence electrons. The summed E-state index contributed by atoms with van der Waals surface area (Å²) in [4.78, 5) is 2.50. The molecular formula is C17H27Cl3N2. The second-order valence-electron chi connectivity index (χ2n) is 7.42. The Hall–Kier alpha value is 0.01000. The molecule has 1 aromatic carbocycles. The average Bonchev–Trinajstić information content (AvgIpc) is 2.37. The van der Waals surface area contributed by atoms with Gasteiger partial charge in [-0.25, -0.2) is 0 Å². The maximum absolute atomic E-state index is 6.08. The zero-order chi connectivity index (χ0) is 15.8. The normalized spacial score (nSPS) is 21.4. The Labute approximate surface area is 151 Å². The van der Waals surface area contributed by atoms with Gasteiger partial charge >= 0.3 is 0 Å². The number of hydrogen-bond acceptors (Lipinski definition) is 2. The average molecular weight is 366 g/mol. The molecule has 1 aliphatic rings. The Kier molecular flexibility index (Phi) is 6.63. The molecule has 1 aromatic rings. The molecule has 1 N–H and O–H groups in total. The number of hydrogen-bond donors (Lipinski definition) is 1. The van der Waals surface area contributed by atoms with Crippen molar-refractivity contribution in [2.45, 2.75) is 64.2 Å². The van der Waals surface area contributed by atoms with Crippen molar-refractivity contribution in [2.75, 3.05) is 7.05 Å². The number of likely N-dealkylation sites (tertiary alicyclic amines) is 1. The Morgan fingerprint density at radius 2 is 1.64 bits per heavy atom. The van der Waals surface area contributed by atoms with Crippen LogP contribution >= 0.6 is 35.6 Å². The van der Waals surface area contributed by atoms with Crippen LogP contribution in [0.15, 0.2) is 18.2 Å². The van der Waals surface area contributed by atoms with Gasteiger partial charge in [0.05, 0.1) is 10.0 Å². The molecule has 0 aliphatic carbocycles. The standard InChI is InChI=1S/C17H26Cl2N2.ClH/c1-16(2)9-13(10-17(3,4)21(16)5)20-11-12-6-7-14(18)15(19)8-12;/h6-8,13,20H,9-11H2,1-5H3;1H. The molecule has 1 saturated heterocycles. The number of piperidine rings is 1. The molecule has 0 saturated carbocycles. The van der Waals surface area contributed by atoms with Gasteiger partial charge in [-0.3, -0.25) is 4.90 Å². The SMILES string of the molecule is CN1C(C)(C)CC(NCc2ccc(Cl)c(Cl)c2)CC1(C)C.Cl. The van der Waals surface area contributed by atoms with Crippen LogP contribution in [0.4, 0.5) is 0 Å². The van der Waals surface area contributed by atoms with E-state index in [1.54, 1.807) is 0 Å². The highest BCUT2D eigenvalue weighted by Gasteiger charge is 2.42. The summed E-state index contributed by atoms with van der Waals surface area (Å²) in [6, 6.07) is 6.36. The predicted molar refractivity (Wildman–Crippen MR) is 99.5 cm³/mol. The van der Waals surface area contributed by atoms with Crippen molar-refractivity contribution in [1.29, 1.82) is 0 Å². The topological polar surface area (TPSA) is 15.3 Å². The van der Waals surface area contributed by atoms with Crippen molar-refractivity contribution in [2.24, 2.45) is 0 Å². The fourth-order valence-electron chi connectivity index (χ4n) is 3.43. The van der Waals surface area contributed by atoms with Crippen molar-refractivity contribution in [1.82, 2.24) is 10.2 Å². The highest BCUT2D eigenvalue weighted by atomic mass is 35.5. The molecule has 1 fully saturated rings. The fourth-order valence-corrected chi connectivity index (χ4v) is 3.75. The van der Waals surface area contributed by atoms with Crippen LogP contribution < -0.4 is 5.32 Å². The van der Waals surface area contributed by atoms with Crippen LogP contribution in [0.25, 0.3) is 0 Å². The fraction of sp³-hybridized carbons (Fsp3) is 0.647. The lowest BCUT2D eigenvalue weighted by atomic mass is 9.77. The summed E-state index contributed by atoms with van der Waals surface area (Å²) in [6.45, 7) is 10.1. The van der Waals surface area contributed by atoms with Gasteiger partial charge < -0.3 is 5.32 Å². The lowest BCUT2D eigenvalue weighted by Crippen LogP contribution is -2.62. The van der Waals surface area contributed by atoms with Crippen molar-refractivity contribution in [3.8, 4) is 0 Å². The third kappa shape index (κ3) is 4.52. The molecule has 0 aromatic heterocycles. The van der Waals surface area contributed by atoms with Gasteiger partial charge in [0.2, 0.25) is 0 Å². The van der Waals surface area contributed by atoms with Gasteiger partial charge in [-0.2, -0.15) is 0 Å². The summed E-state index contributed by atoms with van der Waals surface area (Å²) >= 11 is 12.0. The summed E-state index contributed by atoms with van der Waals surface area (Å²) in [6.07, 6.45) is 2.29. The van der Waals surface area contributed by atoms with Crippen LogP contribution in [0.3, 0.4) is 0 Å². The monoisotopic (exact) mass is 364 g/mol. The van der Waals surface area contributed by atoms with Gasteiger partial charge in [-0.05, 0) is 65.3 Å². The second-order valence-corrected chi connectivity index (χ2v) is 8.23. The van der Waals surface area contributed by atoms with Crippen molar-refractivity contribution in [3.05, 3.63) is 33.8 Å². The number of halogens is 3. The summed E-state index contributed by atoms with van der Waals surface area (Å²) in [5, 5.41) is 4.93. The van der Waals surface area contributed by atoms with E-state index in [9.17, 15) is 0 Å². The minimum atomic E-state index is 0. The van der Waals surface area contributed by atoms with E-state index in [1.165, 1.54) is 5.56 Å². The molecule has 0 spiro atoms. The Morgan fingerprint density at radius 1 is 1.09 bits per heavy atom. The number of benzene rings is 1. The zero-order valence-electron chi connectivity index (χ0n) is 14.0. The molecule has 2 rings (SSSR count). The predicted octanol–water partition coefficient (Wildman–Crippen LogP) is 5.16. The number of nitrogens with one attached hydrogen (secondary N) is 1. The summed E-state index contributed by atoms with van der Waals surface area (Å²) in [7, 11) is 2.23. The van der Waals surface area contributed by atoms with Crippen LogP contribution in [-0.4, -0.2) is 29.1 Å². The molecule has 0 bridgehead atoms. The Morgan fingerprint density at radius 3 is 2.14 bits per heavy atom. The molecule has 2 nitrogen and oxygen atoms in total. The third-order valence-electron chi connectivity index (χ3n) is 4.89. The van der Waals surface area contributed by atoms with Crippen LogP contribution in [-0.2, 0) is 6.54 Å². The van der Waals surface area contributed by atoms with Crippen molar-refractivity contribution in [3.63, 3.8) is 0 Å². The first-order valence-electron chi connectivity index (χ1n) is 7.53. The third-order valence-corrected chi connectivity index (χ3v) is 5.63. The largest absolute Gasteiger partial charge is 0.310 e. The van der Waals surface area contributed by atoms with E-state index in [1.807, 2.05) is 18.2 Å². The minimum absolute atomic E-state index is 0. The van der Waals surface area contributed by atoms with Crippen molar-refractivity contribution < 1.29 is 0 Å². The van der Waals surface area contributed by atoms with Crippen LogP contribution in [0.5, 0.6) is 0 Å². The maximum Gasteiger partial charge on any atom is 0.0595 e. The maximum atomic E-state index is 6.08.